The van der Waals surface area contributed by atoms with Crippen LogP contribution in [-0.4, -0.2) is 24.5 Å². The molecule has 1 saturated heterocycles. The quantitative estimate of drug-likeness (QED) is 0.625. The van der Waals surface area contributed by atoms with Crippen LogP contribution in [0.1, 0.15) is 13.8 Å². The topological polar surface area (TPSA) is 30.5 Å². The molecule has 5 aliphatic rings. The molecule has 0 radical (unpaired) electrons. The van der Waals surface area contributed by atoms with Gasteiger partial charge in [0.1, 0.15) is 0 Å². The van der Waals surface area contributed by atoms with E-state index in [9.17, 15) is 0 Å². The first kappa shape index (κ1) is 9.25. The lowest BCUT2D eigenvalue weighted by Crippen LogP contribution is -2.49. The monoisotopic (exact) mass is 219 g/mol. The smallest absolute Gasteiger partial charge is 0.163 e. The molecule has 1 saturated carbocycles. The summed E-state index contributed by atoms with van der Waals surface area (Å²) in [5.41, 5.74) is 1.52. The minimum atomic E-state index is -0.412. The van der Waals surface area contributed by atoms with Crippen LogP contribution in [0.25, 0.3) is 0 Å². The summed E-state index contributed by atoms with van der Waals surface area (Å²) in [6, 6.07) is 0. The minimum absolute atomic E-state index is 0.229. The molecule has 3 aliphatic carbocycles. The Morgan fingerprint density at radius 3 is 2.94 bits per heavy atom. The van der Waals surface area contributed by atoms with E-state index in [4.69, 9.17) is 9.47 Å². The fraction of sp³-hybridized carbons (Fsp3) is 0.692. The molecule has 0 aromatic rings. The van der Waals surface area contributed by atoms with Crippen molar-refractivity contribution in [2.45, 2.75) is 31.8 Å². The Hall–Kier alpha value is -0.800. The normalized spacial score (nSPS) is 50.9. The molecule has 5 atom stereocenters. The fourth-order valence-corrected chi connectivity index (χ4v) is 3.75. The van der Waals surface area contributed by atoms with Crippen LogP contribution in [0.3, 0.4) is 0 Å². The average molecular weight is 219 g/mol. The van der Waals surface area contributed by atoms with E-state index in [1.807, 2.05) is 13.8 Å². The summed E-state index contributed by atoms with van der Waals surface area (Å²) < 4.78 is 12.1. The molecule has 3 nitrogen and oxygen atoms in total. The van der Waals surface area contributed by atoms with Gasteiger partial charge in [-0.05, 0) is 25.6 Å². The molecule has 2 bridgehead atoms. The fourth-order valence-electron chi connectivity index (χ4n) is 3.75. The maximum absolute atomic E-state index is 6.07. The van der Waals surface area contributed by atoms with E-state index in [0.717, 1.165) is 6.54 Å². The van der Waals surface area contributed by atoms with Crippen molar-refractivity contribution in [3.05, 3.63) is 23.9 Å². The van der Waals surface area contributed by atoms with Crippen molar-refractivity contribution in [3.8, 4) is 0 Å². The van der Waals surface area contributed by atoms with Crippen molar-refractivity contribution in [1.29, 1.82) is 0 Å². The van der Waals surface area contributed by atoms with E-state index >= 15 is 0 Å². The highest BCUT2D eigenvalue weighted by atomic mass is 16.8. The van der Waals surface area contributed by atoms with E-state index in [-0.39, 0.29) is 12.2 Å². The van der Waals surface area contributed by atoms with Gasteiger partial charge in [0.25, 0.3) is 0 Å². The Balaban J connectivity index is 1.78. The van der Waals surface area contributed by atoms with Crippen LogP contribution in [0.5, 0.6) is 0 Å². The number of nitrogens with one attached hydrogen (secondary N) is 1. The Labute approximate surface area is 95.5 Å². The molecule has 2 fully saturated rings. The summed E-state index contributed by atoms with van der Waals surface area (Å²) >= 11 is 0. The van der Waals surface area contributed by atoms with Gasteiger partial charge in [0, 0.05) is 24.3 Å². The first-order valence-corrected chi connectivity index (χ1v) is 6.13. The molecule has 0 spiro atoms. The molecule has 0 aromatic carbocycles. The lowest BCUT2D eigenvalue weighted by Gasteiger charge is -2.44. The number of ether oxygens (including phenoxy) is 2. The molecule has 0 aromatic heterocycles. The Kier molecular flexibility index (Phi) is 1.57. The van der Waals surface area contributed by atoms with Crippen LogP contribution in [0.2, 0.25) is 0 Å². The standard InChI is InChI=1S/C13H17NO2/c1-13(2)15-11-7-3-4-8(12(11)16-13)10-6-14-5-9(7)10/h3-5,7-8,10-12,14H,6H2,1-2H3. The van der Waals surface area contributed by atoms with Crippen LogP contribution in [0.4, 0.5) is 0 Å². The van der Waals surface area contributed by atoms with Crippen molar-refractivity contribution in [3.63, 3.8) is 0 Å². The molecule has 3 heteroatoms. The average Bonchev–Trinajstić information content (AvgIpc) is 2.80. The van der Waals surface area contributed by atoms with Crippen LogP contribution in [-0.2, 0) is 9.47 Å². The highest BCUT2D eigenvalue weighted by Gasteiger charge is 2.57. The van der Waals surface area contributed by atoms with E-state index in [1.165, 1.54) is 5.57 Å². The molecular formula is C13H17NO2. The highest BCUT2D eigenvalue weighted by Crippen LogP contribution is 2.52. The molecular weight excluding hydrogens is 202 g/mol. The van der Waals surface area contributed by atoms with Gasteiger partial charge in [-0.1, -0.05) is 12.2 Å². The maximum atomic E-state index is 6.07. The number of hydrogen-bond acceptors (Lipinski definition) is 3. The largest absolute Gasteiger partial charge is 0.390 e. The highest BCUT2D eigenvalue weighted by molar-refractivity contribution is 5.35. The van der Waals surface area contributed by atoms with Crippen molar-refractivity contribution >= 4 is 0 Å². The number of hydrogen-bond donors (Lipinski definition) is 1. The Morgan fingerprint density at radius 2 is 2.06 bits per heavy atom. The van der Waals surface area contributed by atoms with E-state index < -0.39 is 5.79 Å². The maximum Gasteiger partial charge on any atom is 0.163 e. The molecule has 2 heterocycles. The zero-order valence-electron chi connectivity index (χ0n) is 9.64. The Morgan fingerprint density at radius 1 is 1.25 bits per heavy atom. The third kappa shape index (κ3) is 1.01. The third-order valence-electron chi connectivity index (χ3n) is 4.32. The van der Waals surface area contributed by atoms with Crippen LogP contribution >= 0.6 is 0 Å². The Bertz CT molecular complexity index is 399. The lowest BCUT2D eigenvalue weighted by atomic mass is 9.64. The van der Waals surface area contributed by atoms with Gasteiger partial charge in [-0.25, -0.2) is 0 Å². The van der Waals surface area contributed by atoms with Crippen molar-refractivity contribution in [2.75, 3.05) is 6.54 Å². The van der Waals surface area contributed by atoms with Crippen LogP contribution in [0, 0.1) is 17.8 Å². The van der Waals surface area contributed by atoms with Gasteiger partial charge >= 0.3 is 0 Å². The van der Waals surface area contributed by atoms with Crippen molar-refractivity contribution in [2.24, 2.45) is 17.8 Å². The molecule has 5 rings (SSSR count). The second-order valence-corrected chi connectivity index (χ2v) is 5.71. The molecule has 0 amide bonds. The van der Waals surface area contributed by atoms with Gasteiger partial charge in [-0.2, -0.15) is 0 Å². The van der Waals surface area contributed by atoms with Gasteiger partial charge in [-0.3, -0.25) is 0 Å². The molecule has 5 unspecified atom stereocenters. The van der Waals surface area contributed by atoms with Gasteiger partial charge in [0.05, 0.1) is 12.2 Å². The molecule has 2 aliphatic heterocycles. The summed E-state index contributed by atoms with van der Waals surface area (Å²) in [6.45, 7) is 5.11. The second kappa shape index (κ2) is 2.71. The predicted molar refractivity (Wildman–Crippen MR) is 59.5 cm³/mol. The SMILES string of the molecule is CC1(C)OC2C3C=CC(C4CNC=C34)C2O1. The van der Waals surface area contributed by atoms with Crippen LogP contribution in [0.15, 0.2) is 23.9 Å². The van der Waals surface area contributed by atoms with E-state index in [1.54, 1.807) is 0 Å². The lowest BCUT2D eigenvalue weighted by molar-refractivity contribution is -0.148. The van der Waals surface area contributed by atoms with E-state index in [0.29, 0.717) is 17.8 Å². The van der Waals surface area contributed by atoms with E-state index in [2.05, 4.69) is 23.7 Å². The molecule has 86 valence electrons. The summed E-state index contributed by atoms with van der Waals surface area (Å²) in [7, 11) is 0. The second-order valence-electron chi connectivity index (χ2n) is 5.71. The van der Waals surface area contributed by atoms with Crippen molar-refractivity contribution in [1.82, 2.24) is 5.32 Å². The van der Waals surface area contributed by atoms with Gasteiger partial charge in [0.2, 0.25) is 0 Å². The summed E-state index contributed by atoms with van der Waals surface area (Å²) in [6.07, 6.45) is 7.33. The summed E-state index contributed by atoms with van der Waals surface area (Å²) in [4.78, 5) is 0. The van der Waals surface area contributed by atoms with Gasteiger partial charge < -0.3 is 14.8 Å². The summed E-state index contributed by atoms with van der Waals surface area (Å²) in [5, 5.41) is 3.36. The van der Waals surface area contributed by atoms with Gasteiger partial charge in [0.15, 0.2) is 5.79 Å². The van der Waals surface area contributed by atoms with Gasteiger partial charge in [-0.15, -0.1) is 0 Å². The zero-order valence-corrected chi connectivity index (χ0v) is 9.64. The minimum Gasteiger partial charge on any atom is -0.390 e. The first-order valence-electron chi connectivity index (χ1n) is 6.13. The predicted octanol–water partition coefficient (Wildman–Crippen LogP) is 1.43. The third-order valence-corrected chi connectivity index (χ3v) is 4.32. The van der Waals surface area contributed by atoms with Crippen LogP contribution < -0.4 is 5.32 Å². The van der Waals surface area contributed by atoms with Crippen molar-refractivity contribution < 1.29 is 9.47 Å². The molecule has 1 N–H and O–H groups in total. The first-order chi connectivity index (χ1) is 7.66. The summed E-state index contributed by atoms with van der Waals surface area (Å²) in [5.74, 6) is 1.15. The number of rotatable bonds is 0. The zero-order chi connectivity index (χ0) is 10.9. The molecule has 16 heavy (non-hydrogen) atoms.